The normalized spacial score (nSPS) is 15.5. The summed E-state index contributed by atoms with van der Waals surface area (Å²) in [7, 11) is 0. The fourth-order valence-corrected chi connectivity index (χ4v) is 3.17. The van der Waals surface area contributed by atoms with Crippen molar-refractivity contribution in [3.05, 3.63) is 28.7 Å². The van der Waals surface area contributed by atoms with Crippen LogP contribution in [0.1, 0.15) is 26.3 Å². The quantitative estimate of drug-likeness (QED) is 0.507. The van der Waals surface area contributed by atoms with E-state index in [1.165, 1.54) is 4.90 Å². The number of ether oxygens (including phenoxy) is 3. The van der Waals surface area contributed by atoms with Gasteiger partial charge in [0.1, 0.15) is 0 Å². The Balaban J connectivity index is 2.19. The number of thioether (sulfide) groups is 1. The number of hydrogen-bond donors (Lipinski definition) is 0. The fourth-order valence-electron chi connectivity index (χ4n) is 2.27. The molecular formula is C18H21NO6S. The van der Waals surface area contributed by atoms with E-state index in [0.717, 1.165) is 11.8 Å². The van der Waals surface area contributed by atoms with E-state index >= 15 is 0 Å². The van der Waals surface area contributed by atoms with Crippen LogP contribution in [0.4, 0.5) is 4.79 Å². The van der Waals surface area contributed by atoms with Crippen LogP contribution in [0.5, 0.6) is 11.5 Å². The van der Waals surface area contributed by atoms with Gasteiger partial charge >= 0.3 is 5.97 Å². The van der Waals surface area contributed by atoms with Gasteiger partial charge in [-0.05, 0) is 56.3 Å². The summed E-state index contributed by atoms with van der Waals surface area (Å²) >= 11 is 0.910. The second-order valence-electron chi connectivity index (χ2n) is 5.16. The lowest BCUT2D eigenvalue weighted by atomic mass is 10.2. The molecule has 1 aliphatic rings. The molecule has 2 amide bonds. The molecule has 140 valence electrons. The molecule has 1 aromatic carbocycles. The third kappa shape index (κ3) is 4.78. The molecule has 0 aliphatic carbocycles. The zero-order chi connectivity index (χ0) is 19.1. The SMILES string of the molecule is CCOC(=O)COc1ccc(/C=C2/SC(=O)N(CC)C2=O)cc1OCC. The van der Waals surface area contributed by atoms with E-state index in [1.54, 1.807) is 38.1 Å². The highest BCUT2D eigenvalue weighted by molar-refractivity contribution is 8.18. The number of carbonyl (C=O) groups excluding carboxylic acids is 3. The van der Waals surface area contributed by atoms with Crippen molar-refractivity contribution in [2.45, 2.75) is 20.8 Å². The smallest absolute Gasteiger partial charge is 0.344 e. The van der Waals surface area contributed by atoms with Gasteiger partial charge in [-0.2, -0.15) is 0 Å². The minimum absolute atomic E-state index is 0.220. The van der Waals surface area contributed by atoms with Crippen molar-refractivity contribution in [3.63, 3.8) is 0 Å². The number of imide groups is 1. The summed E-state index contributed by atoms with van der Waals surface area (Å²) in [6, 6.07) is 5.08. The van der Waals surface area contributed by atoms with Crippen molar-refractivity contribution < 1.29 is 28.6 Å². The average molecular weight is 379 g/mol. The van der Waals surface area contributed by atoms with E-state index in [4.69, 9.17) is 14.2 Å². The molecule has 0 bridgehead atoms. The third-order valence-electron chi connectivity index (χ3n) is 3.41. The minimum Gasteiger partial charge on any atom is -0.490 e. The Kier molecular flexibility index (Phi) is 7.08. The van der Waals surface area contributed by atoms with Crippen LogP contribution in [-0.2, 0) is 14.3 Å². The van der Waals surface area contributed by atoms with Gasteiger partial charge in [0.25, 0.3) is 11.1 Å². The first-order chi connectivity index (χ1) is 12.5. The molecule has 1 fully saturated rings. The lowest BCUT2D eigenvalue weighted by molar-refractivity contribution is -0.145. The van der Waals surface area contributed by atoms with E-state index in [9.17, 15) is 14.4 Å². The van der Waals surface area contributed by atoms with Crippen molar-refractivity contribution in [3.8, 4) is 11.5 Å². The zero-order valence-electron chi connectivity index (χ0n) is 14.9. The second-order valence-corrected chi connectivity index (χ2v) is 6.15. The van der Waals surface area contributed by atoms with Crippen LogP contribution in [0.15, 0.2) is 23.1 Å². The fraction of sp³-hybridized carbons (Fsp3) is 0.389. The van der Waals surface area contributed by atoms with Gasteiger partial charge in [0.15, 0.2) is 18.1 Å². The lowest BCUT2D eigenvalue weighted by Gasteiger charge is -2.12. The Labute approximate surface area is 156 Å². The highest BCUT2D eigenvalue weighted by atomic mass is 32.2. The predicted molar refractivity (Wildman–Crippen MR) is 98.1 cm³/mol. The van der Waals surface area contributed by atoms with Gasteiger partial charge in [-0.3, -0.25) is 14.5 Å². The molecule has 1 aliphatic heterocycles. The molecule has 7 nitrogen and oxygen atoms in total. The summed E-state index contributed by atoms with van der Waals surface area (Å²) in [5.74, 6) is 0.0781. The van der Waals surface area contributed by atoms with E-state index in [1.807, 2.05) is 6.92 Å². The molecule has 0 radical (unpaired) electrons. The molecule has 8 heteroatoms. The van der Waals surface area contributed by atoms with Gasteiger partial charge in [0, 0.05) is 6.54 Å². The van der Waals surface area contributed by atoms with Crippen molar-refractivity contribution in [2.75, 3.05) is 26.4 Å². The Morgan fingerprint density at radius 2 is 1.88 bits per heavy atom. The number of likely N-dealkylation sites (N-methyl/N-ethyl adjacent to an activating group) is 1. The Bertz CT molecular complexity index is 730. The first-order valence-corrected chi connectivity index (χ1v) is 9.12. The molecule has 0 spiro atoms. The van der Waals surface area contributed by atoms with Gasteiger partial charge in [-0.15, -0.1) is 0 Å². The number of carbonyl (C=O) groups is 3. The molecule has 2 rings (SSSR count). The molecule has 0 atom stereocenters. The lowest BCUT2D eigenvalue weighted by Crippen LogP contribution is -2.27. The standard InChI is InChI=1S/C18H21NO6S/c1-4-19-17(21)15(26-18(19)22)10-12-7-8-13(14(9-12)23-5-2)25-11-16(20)24-6-3/h7-10H,4-6,11H2,1-3H3/b15-10+. The summed E-state index contributed by atoms with van der Waals surface area (Å²) in [5, 5.41) is -0.275. The number of nitrogens with zero attached hydrogens (tertiary/aromatic N) is 1. The third-order valence-corrected chi connectivity index (χ3v) is 4.31. The van der Waals surface area contributed by atoms with Crippen molar-refractivity contribution >= 4 is 35.0 Å². The summed E-state index contributed by atoms with van der Waals surface area (Å²) in [6.07, 6.45) is 1.64. The van der Waals surface area contributed by atoms with Gasteiger partial charge in [-0.25, -0.2) is 4.79 Å². The molecule has 0 unspecified atom stereocenters. The van der Waals surface area contributed by atoms with E-state index in [2.05, 4.69) is 0 Å². The molecule has 1 saturated heterocycles. The van der Waals surface area contributed by atoms with Gasteiger partial charge < -0.3 is 14.2 Å². The largest absolute Gasteiger partial charge is 0.490 e. The maximum Gasteiger partial charge on any atom is 0.344 e. The Morgan fingerprint density at radius 1 is 1.12 bits per heavy atom. The second kappa shape index (κ2) is 9.28. The number of amides is 2. The number of rotatable bonds is 8. The summed E-state index contributed by atoms with van der Waals surface area (Å²) in [4.78, 5) is 36.9. The zero-order valence-corrected chi connectivity index (χ0v) is 15.8. The van der Waals surface area contributed by atoms with Crippen LogP contribution in [-0.4, -0.2) is 48.4 Å². The highest BCUT2D eigenvalue weighted by Crippen LogP contribution is 2.34. The summed E-state index contributed by atoms with van der Waals surface area (Å²) in [6.45, 7) is 6.11. The van der Waals surface area contributed by atoms with Crippen molar-refractivity contribution in [2.24, 2.45) is 0 Å². The van der Waals surface area contributed by atoms with E-state index < -0.39 is 5.97 Å². The van der Waals surface area contributed by atoms with Crippen molar-refractivity contribution in [1.29, 1.82) is 0 Å². The maximum atomic E-state index is 12.2. The van der Waals surface area contributed by atoms with Crippen molar-refractivity contribution in [1.82, 2.24) is 4.90 Å². The van der Waals surface area contributed by atoms with Gasteiger partial charge in [0.2, 0.25) is 0 Å². The molecule has 1 heterocycles. The van der Waals surface area contributed by atoms with Gasteiger partial charge in [0.05, 0.1) is 18.1 Å². The van der Waals surface area contributed by atoms with Crippen LogP contribution in [0, 0.1) is 0 Å². The molecule has 0 aromatic heterocycles. The van der Waals surface area contributed by atoms with Crippen LogP contribution in [0.2, 0.25) is 0 Å². The number of hydrogen-bond acceptors (Lipinski definition) is 7. The first kappa shape index (κ1) is 19.8. The van der Waals surface area contributed by atoms with E-state index in [-0.39, 0.29) is 24.4 Å². The molecule has 26 heavy (non-hydrogen) atoms. The monoisotopic (exact) mass is 379 g/mol. The number of benzene rings is 1. The maximum absolute atomic E-state index is 12.2. The summed E-state index contributed by atoms with van der Waals surface area (Å²) < 4.78 is 15.8. The predicted octanol–water partition coefficient (Wildman–Crippen LogP) is 3.08. The Morgan fingerprint density at radius 3 is 2.50 bits per heavy atom. The van der Waals surface area contributed by atoms with Crippen LogP contribution < -0.4 is 9.47 Å². The first-order valence-electron chi connectivity index (χ1n) is 8.30. The average Bonchev–Trinajstić information content (AvgIpc) is 2.87. The molecule has 0 saturated carbocycles. The minimum atomic E-state index is -0.465. The summed E-state index contributed by atoms with van der Waals surface area (Å²) in [5.41, 5.74) is 0.693. The molecule has 1 aromatic rings. The number of esters is 1. The van der Waals surface area contributed by atoms with Crippen LogP contribution >= 0.6 is 11.8 Å². The topological polar surface area (TPSA) is 82.1 Å². The highest BCUT2D eigenvalue weighted by Gasteiger charge is 2.33. The molecular weight excluding hydrogens is 358 g/mol. The van der Waals surface area contributed by atoms with Crippen LogP contribution in [0.25, 0.3) is 6.08 Å². The van der Waals surface area contributed by atoms with Crippen LogP contribution in [0.3, 0.4) is 0 Å². The van der Waals surface area contributed by atoms with E-state index in [0.29, 0.717) is 35.1 Å². The Hall–Kier alpha value is -2.48. The molecule has 0 N–H and O–H groups in total. The van der Waals surface area contributed by atoms with Gasteiger partial charge in [-0.1, -0.05) is 6.07 Å².